The second-order valence-electron chi connectivity index (χ2n) is 0.571. The van der Waals surface area contributed by atoms with Gasteiger partial charge >= 0.3 is 0 Å². The number of hydrogen-bond acceptors (Lipinski definition) is 4. The number of hydroxylamine groups is 1. The van der Waals surface area contributed by atoms with Crippen molar-refractivity contribution < 1.29 is 9.73 Å². The molecule has 0 unspecified atom stereocenters. The SMILES string of the molecule is NON(N)C=O. The normalized spacial score (nSPS) is 7.67. The highest BCUT2D eigenvalue weighted by Gasteiger charge is 1.81. The topological polar surface area (TPSA) is 81.6 Å². The quantitative estimate of drug-likeness (QED) is 0.180. The van der Waals surface area contributed by atoms with Crippen LogP contribution in [0.25, 0.3) is 0 Å². The maximum atomic E-state index is 9.33. The standard InChI is InChI=1S/CH5N3O2/c2-4(1-5)6-3/h1H,2-3H2. The van der Waals surface area contributed by atoms with Crippen molar-refractivity contribution in [3.63, 3.8) is 0 Å². The summed E-state index contributed by atoms with van der Waals surface area (Å²) in [7, 11) is 0. The Kier molecular flexibility index (Phi) is 2.30. The van der Waals surface area contributed by atoms with Crippen molar-refractivity contribution in [1.29, 1.82) is 0 Å². The first kappa shape index (κ1) is 5.35. The lowest BCUT2D eigenvalue weighted by Gasteiger charge is -1.99. The molecule has 36 valence electrons. The van der Waals surface area contributed by atoms with E-state index in [9.17, 15) is 4.79 Å². The van der Waals surface area contributed by atoms with Crippen LogP contribution in [0.2, 0.25) is 0 Å². The first-order chi connectivity index (χ1) is 2.81. The molecule has 0 atom stereocenters. The summed E-state index contributed by atoms with van der Waals surface area (Å²) in [4.78, 5) is 13.0. The molecule has 0 spiro atoms. The van der Waals surface area contributed by atoms with Gasteiger partial charge in [-0.3, -0.25) is 4.79 Å². The van der Waals surface area contributed by atoms with Gasteiger partial charge in [0.25, 0.3) is 6.41 Å². The van der Waals surface area contributed by atoms with Gasteiger partial charge in [-0.1, -0.05) is 0 Å². The number of amides is 1. The van der Waals surface area contributed by atoms with E-state index in [2.05, 4.69) is 16.7 Å². The lowest BCUT2D eigenvalue weighted by Crippen LogP contribution is -2.32. The molecule has 0 aromatic heterocycles. The fourth-order valence-electron chi connectivity index (χ4n) is 0.0248. The zero-order valence-corrected chi connectivity index (χ0v) is 3.00. The largest absolute Gasteiger partial charge is 0.275 e. The van der Waals surface area contributed by atoms with E-state index in [-0.39, 0.29) is 6.41 Å². The average Bonchev–Trinajstić information content (AvgIpc) is 1.65. The van der Waals surface area contributed by atoms with Gasteiger partial charge in [0.1, 0.15) is 0 Å². The van der Waals surface area contributed by atoms with Crippen molar-refractivity contribution in [2.24, 2.45) is 11.7 Å². The molecule has 0 aliphatic carbocycles. The third-order valence-electron chi connectivity index (χ3n) is 0.226. The van der Waals surface area contributed by atoms with E-state index in [0.717, 1.165) is 0 Å². The van der Waals surface area contributed by atoms with Gasteiger partial charge < -0.3 is 0 Å². The molecule has 0 aromatic carbocycles. The molecule has 1 amide bonds. The van der Waals surface area contributed by atoms with Crippen LogP contribution >= 0.6 is 0 Å². The smallest absolute Gasteiger partial charge is 0.250 e. The molecule has 0 saturated heterocycles. The van der Waals surface area contributed by atoms with Crippen LogP contribution in [-0.2, 0) is 9.73 Å². The van der Waals surface area contributed by atoms with Crippen molar-refractivity contribution in [3.05, 3.63) is 0 Å². The number of carbonyl (C=O) groups excluding carboxylic acids is 1. The second-order valence-corrected chi connectivity index (χ2v) is 0.571. The minimum atomic E-state index is 0.236. The summed E-state index contributed by atoms with van der Waals surface area (Å²) in [6.45, 7) is 0. The summed E-state index contributed by atoms with van der Waals surface area (Å²) in [6, 6.07) is 0. The van der Waals surface area contributed by atoms with Crippen LogP contribution in [0.1, 0.15) is 0 Å². The molecule has 0 aliphatic rings. The summed E-state index contributed by atoms with van der Waals surface area (Å²) in [6.07, 6.45) is 0.236. The number of carbonyl (C=O) groups is 1. The Bertz CT molecular complexity index is 46.1. The first-order valence-corrected chi connectivity index (χ1v) is 1.17. The molecule has 5 nitrogen and oxygen atoms in total. The lowest BCUT2D eigenvalue weighted by atomic mass is 11.4. The molecule has 0 fully saturated rings. The lowest BCUT2D eigenvalue weighted by molar-refractivity contribution is -0.175. The Morgan fingerprint density at radius 1 is 1.83 bits per heavy atom. The highest BCUT2D eigenvalue weighted by atomic mass is 16.8. The molecule has 5 heteroatoms. The van der Waals surface area contributed by atoms with Gasteiger partial charge in [-0.15, -0.1) is 5.17 Å². The Morgan fingerprint density at radius 2 is 2.33 bits per heavy atom. The third-order valence-corrected chi connectivity index (χ3v) is 0.226. The zero-order chi connectivity index (χ0) is 4.99. The van der Waals surface area contributed by atoms with E-state index in [1.807, 2.05) is 0 Å². The Morgan fingerprint density at radius 3 is 2.33 bits per heavy atom. The van der Waals surface area contributed by atoms with Crippen LogP contribution in [0.3, 0.4) is 0 Å². The minimum absolute atomic E-state index is 0.236. The molecule has 0 heterocycles. The molecule has 0 aromatic rings. The maximum absolute atomic E-state index is 9.33. The fourth-order valence-corrected chi connectivity index (χ4v) is 0.0248. The number of rotatable bonds is 2. The second kappa shape index (κ2) is 2.58. The predicted octanol–water partition coefficient (Wildman–Crippen LogP) is -1.88. The first-order valence-electron chi connectivity index (χ1n) is 1.17. The number of nitrogens with two attached hydrogens (primary N) is 2. The third kappa shape index (κ3) is 1.65. The highest BCUT2D eigenvalue weighted by Crippen LogP contribution is 1.55. The monoisotopic (exact) mass is 91.0 g/mol. The van der Waals surface area contributed by atoms with Gasteiger partial charge in [0, 0.05) is 0 Å². The van der Waals surface area contributed by atoms with Crippen molar-refractivity contribution in [2.45, 2.75) is 0 Å². The van der Waals surface area contributed by atoms with Crippen molar-refractivity contribution in [1.82, 2.24) is 5.17 Å². The van der Waals surface area contributed by atoms with Gasteiger partial charge in [-0.25, -0.2) is 5.84 Å². The molecule has 0 saturated carbocycles. The Balaban J connectivity index is 2.96. The van der Waals surface area contributed by atoms with Gasteiger partial charge in [0.2, 0.25) is 0 Å². The van der Waals surface area contributed by atoms with Crippen molar-refractivity contribution >= 4 is 6.41 Å². The molecular weight excluding hydrogens is 86.0 g/mol. The molecule has 0 aliphatic heterocycles. The minimum Gasteiger partial charge on any atom is -0.275 e. The summed E-state index contributed by atoms with van der Waals surface area (Å²) in [5.74, 6) is 8.94. The number of hydrazine groups is 1. The van der Waals surface area contributed by atoms with Crippen LogP contribution in [0.15, 0.2) is 0 Å². The molecular formula is CH5N3O2. The molecule has 0 radical (unpaired) electrons. The van der Waals surface area contributed by atoms with Gasteiger partial charge in [0.15, 0.2) is 0 Å². The highest BCUT2D eigenvalue weighted by molar-refractivity contribution is 5.43. The summed E-state index contributed by atoms with van der Waals surface area (Å²) in [5.41, 5.74) is 0. The fraction of sp³-hybridized carbons (Fsp3) is 0. The summed E-state index contributed by atoms with van der Waals surface area (Å²) >= 11 is 0. The molecule has 6 heavy (non-hydrogen) atoms. The summed E-state index contributed by atoms with van der Waals surface area (Å²) in [5, 5.41) is 0.347. The summed E-state index contributed by atoms with van der Waals surface area (Å²) < 4.78 is 0. The Labute approximate surface area is 34.3 Å². The van der Waals surface area contributed by atoms with Crippen molar-refractivity contribution in [2.75, 3.05) is 0 Å². The van der Waals surface area contributed by atoms with Crippen LogP contribution in [-0.4, -0.2) is 11.6 Å². The molecule has 0 rings (SSSR count). The van der Waals surface area contributed by atoms with Gasteiger partial charge in [-0.2, -0.15) is 10.8 Å². The van der Waals surface area contributed by atoms with Gasteiger partial charge in [0.05, 0.1) is 0 Å². The van der Waals surface area contributed by atoms with E-state index in [0.29, 0.717) is 5.17 Å². The molecule has 4 N–H and O–H groups in total. The number of nitrogens with zero attached hydrogens (tertiary/aromatic N) is 1. The van der Waals surface area contributed by atoms with Crippen LogP contribution in [0.5, 0.6) is 0 Å². The van der Waals surface area contributed by atoms with Crippen LogP contribution in [0.4, 0.5) is 0 Å². The molecule has 0 bridgehead atoms. The zero-order valence-electron chi connectivity index (χ0n) is 3.00. The van der Waals surface area contributed by atoms with E-state index >= 15 is 0 Å². The van der Waals surface area contributed by atoms with E-state index in [1.54, 1.807) is 0 Å². The van der Waals surface area contributed by atoms with Crippen LogP contribution < -0.4 is 11.7 Å². The van der Waals surface area contributed by atoms with Crippen molar-refractivity contribution in [3.8, 4) is 0 Å². The average molecular weight is 91.1 g/mol. The van der Waals surface area contributed by atoms with Crippen LogP contribution in [0, 0.1) is 0 Å². The Hall–Kier alpha value is -0.650. The van der Waals surface area contributed by atoms with E-state index < -0.39 is 0 Å². The number of hydrogen-bond donors (Lipinski definition) is 2. The van der Waals surface area contributed by atoms with E-state index in [1.165, 1.54) is 0 Å². The van der Waals surface area contributed by atoms with Gasteiger partial charge in [-0.05, 0) is 0 Å². The van der Waals surface area contributed by atoms with E-state index in [4.69, 9.17) is 0 Å². The maximum Gasteiger partial charge on any atom is 0.250 e. The predicted molar refractivity (Wildman–Crippen MR) is 17.4 cm³/mol.